The van der Waals surface area contributed by atoms with Gasteiger partial charge in [-0.15, -0.1) is 0 Å². The molecule has 1 aliphatic rings. The number of nitro benzene ring substituents is 1. The van der Waals surface area contributed by atoms with E-state index >= 15 is 0 Å². The fourth-order valence-corrected chi connectivity index (χ4v) is 3.18. The van der Waals surface area contributed by atoms with Crippen molar-refractivity contribution < 1.29 is 19.2 Å². The van der Waals surface area contributed by atoms with Crippen LogP contribution in [0.5, 0.6) is 11.5 Å². The summed E-state index contributed by atoms with van der Waals surface area (Å²) in [4.78, 5) is 36.6. The highest BCUT2D eigenvalue weighted by molar-refractivity contribution is 6.53. The van der Waals surface area contributed by atoms with Gasteiger partial charge in [0, 0.05) is 17.8 Å². The van der Waals surface area contributed by atoms with Gasteiger partial charge in [-0.05, 0) is 42.5 Å². The lowest BCUT2D eigenvalue weighted by molar-refractivity contribution is -0.384. The highest BCUT2D eigenvalue weighted by Crippen LogP contribution is 2.32. The Morgan fingerprint density at radius 2 is 1.55 bits per heavy atom. The quantitative estimate of drug-likeness (QED) is 0.338. The van der Waals surface area contributed by atoms with E-state index < -0.39 is 16.7 Å². The van der Waals surface area contributed by atoms with Gasteiger partial charge in [0.25, 0.3) is 17.5 Å². The smallest absolute Gasteiger partial charge is 0.283 e. The number of carbonyl (C=O) groups is 2. The molecule has 0 aliphatic carbocycles. The number of halogens is 1. The number of carbonyl (C=O) groups excluding carboxylic acids is 2. The molecule has 0 saturated heterocycles. The van der Waals surface area contributed by atoms with Crippen LogP contribution in [0.3, 0.4) is 0 Å². The van der Waals surface area contributed by atoms with Gasteiger partial charge in [-0.3, -0.25) is 19.7 Å². The first-order chi connectivity index (χ1) is 14.9. The molecule has 154 valence electrons. The van der Waals surface area contributed by atoms with Crippen molar-refractivity contribution in [2.45, 2.75) is 0 Å². The number of non-ortho nitro benzene ring substituents is 1. The van der Waals surface area contributed by atoms with Crippen molar-refractivity contribution in [1.82, 2.24) is 0 Å². The van der Waals surface area contributed by atoms with E-state index in [2.05, 4.69) is 5.32 Å². The molecule has 1 N–H and O–H groups in total. The van der Waals surface area contributed by atoms with Crippen LogP contribution in [0.25, 0.3) is 0 Å². The number of nitro groups is 1. The number of hydrogen-bond acceptors (Lipinski definition) is 6. The molecule has 0 bridgehead atoms. The summed E-state index contributed by atoms with van der Waals surface area (Å²) in [6.45, 7) is 0. The molecule has 0 radical (unpaired) electrons. The van der Waals surface area contributed by atoms with E-state index in [1.54, 1.807) is 24.3 Å². The minimum atomic E-state index is -0.765. The predicted octanol–water partition coefficient (Wildman–Crippen LogP) is 4.82. The number of para-hydroxylation sites is 1. The van der Waals surface area contributed by atoms with Gasteiger partial charge in [0.2, 0.25) is 0 Å². The Labute approximate surface area is 181 Å². The molecule has 1 heterocycles. The third-order valence-corrected chi connectivity index (χ3v) is 4.78. The summed E-state index contributed by atoms with van der Waals surface area (Å²) in [5.41, 5.74) is 0.209. The zero-order valence-corrected chi connectivity index (χ0v) is 16.6. The Morgan fingerprint density at radius 1 is 0.871 bits per heavy atom. The van der Waals surface area contributed by atoms with Crippen LogP contribution in [0.4, 0.5) is 17.1 Å². The van der Waals surface area contributed by atoms with E-state index in [4.69, 9.17) is 16.3 Å². The molecule has 0 atom stereocenters. The molecule has 0 fully saturated rings. The fraction of sp³-hybridized carbons (Fsp3) is 0. The monoisotopic (exact) mass is 435 g/mol. The Morgan fingerprint density at radius 3 is 2.23 bits per heavy atom. The maximum absolute atomic E-state index is 12.8. The first-order valence-corrected chi connectivity index (χ1v) is 9.45. The summed E-state index contributed by atoms with van der Waals surface area (Å²) < 4.78 is 5.72. The van der Waals surface area contributed by atoms with E-state index in [1.807, 2.05) is 30.3 Å². The molecule has 4 rings (SSSR count). The fourth-order valence-electron chi connectivity index (χ4n) is 2.97. The van der Waals surface area contributed by atoms with Gasteiger partial charge in [0.15, 0.2) is 0 Å². The topological polar surface area (TPSA) is 102 Å². The van der Waals surface area contributed by atoms with E-state index in [9.17, 15) is 19.7 Å². The van der Waals surface area contributed by atoms with E-state index in [-0.39, 0.29) is 22.1 Å². The van der Waals surface area contributed by atoms with Crippen molar-refractivity contribution in [3.8, 4) is 11.5 Å². The first kappa shape index (κ1) is 20.1. The summed E-state index contributed by atoms with van der Waals surface area (Å²) in [5.74, 6) is -0.208. The second-order valence-electron chi connectivity index (χ2n) is 6.48. The lowest BCUT2D eigenvalue weighted by Crippen LogP contribution is -2.32. The Hall–Kier alpha value is -4.17. The molecule has 0 spiro atoms. The van der Waals surface area contributed by atoms with Crippen LogP contribution in [0.15, 0.2) is 89.6 Å². The molecule has 8 nitrogen and oxygen atoms in total. The molecule has 31 heavy (non-hydrogen) atoms. The number of ether oxygens (including phenoxy) is 1. The second kappa shape index (κ2) is 8.29. The van der Waals surface area contributed by atoms with Gasteiger partial charge in [-0.25, -0.2) is 4.90 Å². The molecule has 0 aromatic heterocycles. The van der Waals surface area contributed by atoms with E-state index in [0.29, 0.717) is 17.2 Å². The summed E-state index contributed by atoms with van der Waals surface area (Å²) in [6.07, 6.45) is 0. The van der Waals surface area contributed by atoms with Crippen LogP contribution in [0.2, 0.25) is 0 Å². The molecule has 3 aromatic carbocycles. The zero-order chi connectivity index (χ0) is 22.0. The van der Waals surface area contributed by atoms with Crippen molar-refractivity contribution in [2.24, 2.45) is 0 Å². The number of anilines is 2. The van der Waals surface area contributed by atoms with Gasteiger partial charge in [-0.2, -0.15) is 0 Å². The number of rotatable bonds is 6. The number of nitrogens with one attached hydrogen (secondary N) is 1. The van der Waals surface area contributed by atoms with Crippen LogP contribution in [0.1, 0.15) is 0 Å². The largest absolute Gasteiger partial charge is 0.457 e. The zero-order valence-electron chi connectivity index (χ0n) is 15.8. The van der Waals surface area contributed by atoms with Crippen molar-refractivity contribution >= 4 is 40.5 Å². The average Bonchev–Trinajstić information content (AvgIpc) is 2.99. The average molecular weight is 436 g/mol. The molecular weight excluding hydrogens is 422 g/mol. The maximum atomic E-state index is 12.8. The first-order valence-electron chi connectivity index (χ1n) is 9.07. The number of hydrogen-bond donors (Lipinski definition) is 1. The molecule has 2 amide bonds. The normalized spacial score (nSPS) is 13.5. The van der Waals surface area contributed by atoms with E-state index in [0.717, 1.165) is 11.0 Å². The second-order valence-corrected chi connectivity index (χ2v) is 6.85. The van der Waals surface area contributed by atoms with Gasteiger partial charge < -0.3 is 10.1 Å². The standard InChI is InChI=1S/C22H14ClN3O5/c23-19-20(22(28)25(21(19)27)15-5-4-6-16(13-15)26(29)30)24-14-9-11-18(12-10-14)31-17-7-2-1-3-8-17/h1-13,24H. The minimum absolute atomic E-state index is 0.0609. The Balaban J connectivity index is 1.52. The van der Waals surface area contributed by atoms with Crippen molar-refractivity contribution in [2.75, 3.05) is 10.2 Å². The van der Waals surface area contributed by atoms with Gasteiger partial charge in [0.1, 0.15) is 22.2 Å². The lowest BCUT2D eigenvalue weighted by Gasteiger charge is -2.15. The summed E-state index contributed by atoms with van der Waals surface area (Å²) in [6, 6.07) is 21.2. The number of amides is 2. The van der Waals surface area contributed by atoms with Gasteiger partial charge in [-0.1, -0.05) is 35.9 Å². The van der Waals surface area contributed by atoms with Crippen LogP contribution >= 0.6 is 11.6 Å². The lowest BCUT2D eigenvalue weighted by atomic mass is 10.2. The molecule has 3 aromatic rings. The third-order valence-electron chi connectivity index (χ3n) is 4.43. The van der Waals surface area contributed by atoms with Crippen molar-refractivity contribution in [3.63, 3.8) is 0 Å². The van der Waals surface area contributed by atoms with Crippen LogP contribution in [-0.2, 0) is 9.59 Å². The summed E-state index contributed by atoms with van der Waals surface area (Å²) in [7, 11) is 0. The van der Waals surface area contributed by atoms with Crippen molar-refractivity contribution in [1.29, 1.82) is 0 Å². The minimum Gasteiger partial charge on any atom is -0.457 e. The maximum Gasteiger partial charge on any atom is 0.283 e. The van der Waals surface area contributed by atoms with Crippen LogP contribution in [-0.4, -0.2) is 16.7 Å². The molecule has 9 heteroatoms. The summed E-state index contributed by atoms with van der Waals surface area (Å²) >= 11 is 6.11. The third kappa shape index (κ3) is 4.10. The molecule has 0 unspecified atom stereocenters. The number of nitrogens with zero attached hydrogens (tertiary/aromatic N) is 2. The molecule has 0 saturated carbocycles. The number of benzene rings is 3. The van der Waals surface area contributed by atoms with Crippen LogP contribution in [0, 0.1) is 10.1 Å². The highest BCUT2D eigenvalue weighted by Gasteiger charge is 2.39. The van der Waals surface area contributed by atoms with Crippen LogP contribution < -0.4 is 15.0 Å². The number of imide groups is 1. The highest BCUT2D eigenvalue weighted by atomic mass is 35.5. The Bertz CT molecular complexity index is 1210. The predicted molar refractivity (Wildman–Crippen MR) is 115 cm³/mol. The molecular formula is C22H14ClN3O5. The van der Waals surface area contributed by atoms with Gasteiger partial charge >= 0.3 is 0 Å². The summed E-state index contributed by atoms with van der Waals surface area (Å²) in [5, 5.41) is 13.5. The Kier molecular flexibility index (Phi) is 5.38. The van der Waals surface area contributed by atoms with E-state index in [1.165, 1.54) is 18.2 Å². The van der Waals surface area contributed by atoms with Crippen molar-refractivity contribution in [3.05, 3.63) is 99.7 Å². The van der Waals surface area contributed by atoms with Gasteiger partial charge in [0.05, 0.1) is 10.6 Å². The SMILES string of the molecule is O=C1C(Cl)=C(Nc2ccc(Oc3ccccc3)cc2)C(=O)N1c1cccc([N+](=O)[O-])c1. The molecule has 1 aliphatic heterocycles.